The minimum absolute atomic E-state index is 0.108. The van der Waals surface area contributed by atoms with Crippen molar-refractivity contribution in [2.24, 2.45) is 10.8 Å². The van der Waals surface area contributed by atoms with Crippen molar-refractivity contribution in [3.8, 4) is 0 Å². The molecule has 0 aromatic carbocycles. The van der Waals surface area contributed by atoms with Gasteiger partial charge < -0.3 is 20.4 Å². The van der Waals surface area contributed by atoms with Crippen LogP contribution in [0.2, 0.25) is 0 Å². The Labute approximate surface area is 467 Å². The van der Waals surface area contributed by atoms with Crippen molar-refractivity contribution in [3.05, 3.63) is 0 Å². The van der Waals surface area contributed by atoms with Crippen LogP contribution in [0.5, 0.6) is 0 Å². The lowest BCUT2D eigenvalue weighted by Gasteiger charge is -2.29. The molecule has 440 valence electrons. The van der Waals surface area contributed by atoms with Crippen molar-refractivity contribution >= 4 is 47.4 Å². The van der Waals surface area contributed by atoms with Crippen LogP contribution in [0.3, 0.4) is 0 Å². The largest absolute Gasteiger partial charge is 0.481 e. The van der Waals surface area contributed by atoms with Crippen LogP contribution in [0.1, 0.15) is 349 Å². The van der Waals surface area contributed by atoms with Crippen LogP contribution < -0.4 is 0 Å². The van der Waals surface area contributed by atoms with Crippen molar-refractivity contribution in [2.75, 3.05) is 23.0 Å². The first-order chi connectivity index (χ1) is 36.0. The molecule has 0 spiro atoms. The smallest absolute Gasteiger partial charge is 0.310 e. The lowest BCUT2D eigenvalue weighted by atomic mass is 9.79. The van der Waals surface area contributed by atoms with E-state index in [0.717, 1.165) is 77.0 Å². The third-order valence-corrected chi connectivity index (χ3v) is 18.1. The average Bonchev–Trinajstić information content (AvgIpc) is 3.37. The van der Waals surface area contributed by atoms with E-state index in [1.54, 1.807) is 0 Å². The number of carboxylic acid groups (broad SMARTS) is 4. The van der Waals surface area contributed by atoms with Gasteiger partial charge in [-0.05, 0) is 25.7 Å². The molecule has 0 radical (unpaired) electrons. The quantitative estimate of drug-likeness (QED) is 0.0434. The summed E-state index contributed by atoms with van der Waals surface area (Å²) < 4.78 is 0. The monoisotopic (exact) mass is 1080 g/mol. The van der Waals surface area contributed by atoms with E-state index in [4.69, 9.17) is 10.2 Å². The maximum absolute atomic E-state index is 12.5. The van der Waals surface area contributed by atoms with Crippen LogP contribution in [0.4, 0.5) is 0 Å². The predicted molar refractivity (Wildman–Crippen MR) is 324 cm³/mol. The molecule has 0 fully saturated rings. The van der Waals surface area contributed by atoms with E-state index in [1.165, 1.54) is 255 Å². The van der Waals surface area contributed by atoms with Crippen molar-refractivity contribution in [1.82, 2.24) is 0 Å². The number of rotatable bonds is 60. The summed E-state index contributed by atoms with van der Waals surface area (Å²) in [6, 6.07) is 0. The van der Waals surface area contributed by atoms with Crippen LogP contribution in [-0.2, 0) is 19.2 Å². The average molecular weight is 1090 g/mol. The zero-order chi connectivity index (χ0) is 54.9. The van der Waals surface area contributed by atoms with E-state index < -0.39 is 34.7 Å². The fourth-order valence-electron chi connectivity index (χ4n) is 10.5. The molecular formula is C64H124O8S2. The molecule has 10 heteroatoms. The van der Waals surface area contributed by atoms with Crippen molar-refractivity contribution in [1.29, 1.82) is 0 Å². The van der Waals surface area contributed by atoms with E-state index in [9.17, 15) is 29.4 Å². The standard InChI is InChI=1S/C34H66O4S.C30H58O4S/c1-3-5-7-9-11-13-15-17-19-21-23-25-28-34(33(37)38,31-39-30-27-32(35)36)29-26-24-22-20-18-16-14-12-10-8-6-4-2;1-3-5-7-9-11-13-15-17-19-21-24-30(29(33)34,27-35-26-23-28(31)32)25-22-20-18-16-14-12-10-8-6-4-2/h3-31H2,1-2H3,(H,35,36)(H,37,38);3-27H2,1-2H3,(H,31,32)(H,33,34). The summed E-state index contributed by atoms with van der Waals surface area (Å²) in [5.74, 6) is -0.852. The summed E-state index contributed by atoms with van der Waals surface area (Å²) in [5.41, 5.74) is -1.39. The fourth-order valence-corrected chi connectivity index (χ4v) is 13.0. The molecule has 8 nitrogen and oxygen atoms in total. The molecule has 0 saturated carbocycles. The van der Waals surface area contributed by atoms with Gasteiger partial charge in [-0.15, -0.1) is 0 Å². The van der Waals surface area contributed by atoms with Crippen LogP contribution >= 0.6 is 23.5 Å². The van der Waals surface area contributed by atoms with Gasteiger partial charge in [-0.25, -0.2) is 0 Å². The van der Waals surface area contributed by atoms with Crippen LogP contribution in [-0.4, -0.2) is 67.3 Å². The molecule has 0 aromatic heterocycles. The maximum Gasteiger partial charge on any atom is 0.310 e. The molecule has 74 heavy (non-hydrogen) atoms. The molecule has 0 heterocycles. The molecule has 0 aliphatic carbocycles. The Morgan fingerprint density at radius 2 is 0.432 bits per heavy atom. The van der Waals surface area contributed by atoms with Gasteiger partial charge in [-0.1, -0.05) is 310 Å². The summed E-state index contributed by atoms with van der Waals surface area (Å²) >= 11 is 3.04. The Morgan fingerprint density at radius 1 is 0.270 bits per heavy atom. The summed E-state index contributed by atoms with van der Waals surface area (Å²) in [6.07, 6.45) is 59.0. The van der Waals surface area contributed by atoms with E-state index in [-0.39, 0.29) is 12.8 Å². The first-order valence-corrected chi connectivity index (χ1v) is 34.3. The maximum atomic E-state index is 12.5. The van der Waals surface area contributed by atoms with Crippen LogP contribution in [0.25, 0.3) is 0 Å². The highest BCUT2D eigenvalue weighted by Gasteiger charge is 2.38. The Balaban J connectivity index is 0. The molecule has 0 bridgehead atoms. The topological polar surface area (TPSA) is 149 Å². The van der Waals surface area contributed by atoms with Gasteiger partial charge in [0.05, 0.1) is 23.7 Å². The normalized spacial score (nSPS) is 11.7. The fraction of sp³-hybridized carbons (Fsp3) is 0.938. The van der Waals surface area contributed by atoms with E-state index in [2.05, 4.69) is 27.7 Å². The zero-order valence-electron chi connectivity index (χ0n) is 49.4. The minimum Gasteiger partial charge on any atom is -0.481 e. The second-order valence-electron chi connectivity index (χ2n) is 22.7. The number of carboxylic acids is 4. The number of hydrogen-bond donors (Lipinski definition) is 4. The third kappa shape index (κ3) is 50.1. The third-order valence-electron chi connectivity index (χ3n) is 15.6. The van der Waals surface area contributed by atoms with Gasteiger partial charge in [0.2, 0.25) is 0 Å². The lowest BCUT2D eigenvalue weighted by Crippen LogP contribution is -2.34. The van der Waals surface area contributed by atoms with Crippen molar-refractivity contribution in [2.45, 2.75) is 349 Å². The van der Waals surface area contributed by atoms with Crippen molar-refractivity contribution < 1.29 is 39.6 Å². The molecular weight excluding hydrogens is 961 g/mol. The number of unbranched alkanes of at least 4 members (excludes halogenated alkanes) is 40. The molecule has 0 aliphatic heterocycles. The van der Waals surface area contributed by atoms with Gasteiger partial charge in [0.15, 0.2) is 0 Å². The summed E-state index contributed by atoms with van der Waals surface area (Å²) in [4.78, 5) is 46.7. The summed E-state index contributed by atoms with van der Waals surface area (Å²) in [5, 5.41) is 38.4. The molecule has 4 N–H and O–H groups in total. The molecule has 0 aliphatic rings. The Morgan fingerprint density at radius 3 is 0.581 bits per heavy atom. The zero-order valence-corrected chi connectivity index (χ0v) is 51.1. The van der Waals surface area contributed by atoms with Gasteiger partial charge in [0, 0.05) is 23.0 Å². The Bertz CT molecular complexity index is 1180. The van der Waals surface area contributed by atoms with Gasteiger partial charge in [0.1, 0.15) is 0 Å². The molecule has 0 unspecified atom stereocenters. The van der Waals surface area contributed by atoms with Crippen LogP contribution in [0.15, 0.2) is 0 Å². The molecule has 0 rings (SSSR count). The van der Waals surface area contributed by atoms with Crippen molar-refractivity contribution in [3.63, 3.8) is 0 Å². The number of thioether (sulfide) groups is 2. The summed E-state index contributed by atoms with van der Waals surface area (Å²) in [7, 11) is 0. The summed E-state index contributed by atoms with van der Waals surface area (Å²) in [6.45, 7) is 9.02. The highest BCUT2D eigenvalue weighted by molar-refractivity contribution is 7.99. The van der Waals surface area contributed by atoms with Gasteiger partial charge >= 0.3 is 23.9 Å². The minimum atomic E-state index is -0.803. The number of hydrogen-bond acceptors (Lipinski definition) is 6. The predicted octanol–water partition coefficient (Wildman–Crippen LogP) is 21.3. The Hall–Kier alpha value is -1.42. The first kappa shape index (κ1) is 74.7. The van der Waals surface area contributed by atoms with E-state index >= 15 is 0 Å². The lowest BCUT2D eigenvalue weighted by molar-refractivity contribution is -0.149. The number of aliphatic carboxylic acids is 4. The molecule has 0 saturated heterocycles. The SMILES string of the molecule is CCCCCCCCCCCCC(CCCCCCCCCCCC)(CSCCC(=O)O)C(=O)O.CCCCCCCCCCCCCCC(CCCCCCCCCCCCCC)(CSCCC(=O)O)C(=O)O. The van der Waals surface area contributed by atoms with E-state index in [1.807, 2.05) is 0 Å². The first-order valence-electron chi connectivity index (χ1n) is 32.0. The van der Waals surface area contributed by atoms with E-state index in [0.29, 0.717) is 23.0 Å². The molecule has 0 aromatic rings. The molecule has 0 amide bonds. The van der Waals surface area contributed by atoms with Gasteiger partial charge in [-0.2, -0.15) is 23.5 Å². The highest BCUT2D eigenvalue weighted by atomic mass is 32.2. The van der Waals surface area contributed by atoms with Gasteiger partial charge in [0.25, 0.3) is 0 Å². The van der Waals surface area contributed by atoms with Gasteiger partial charge in [-0.3, -0.25) is 19.2 Å². The molecule has 0 atom stereocenters. The highest BCUT2D eigenvalue weighted by Crippen LogP contribution is 2.38. The Kier molecular flexibility index (Phi) is 58.3. The second kappa shape index (κ2) is 57.7. The van der Waals surface area contributed by atoms with Crippen LogP contribution in [0, 0.1) is 10.8 Å². The second-order valence-corrected chi connectivity index (χ2v) is 24.9. The number of carbonyl (C=O) groups is 4.